The summed E-state index contributed by atoms with van der Waals surface area (Å²) in [5.41, 5.74) is 0. The average Bonchev–Trinajstić information content (AvgIpc) is 1.86. The highest BCUT2D eigenvalue weighted by Gasteiger charge is 2.12. The van der Waals surface area contributed by atoms with Crippen LogP contribution in [-0.2, 0) is 9.59 Å². The maximum Gasteiger partial charge on any atom is 0.229 e. The highest BCUT2D eigenvalue weighted by molar-refractivity contribution is 5.87. The second-order valence-corrected chi connectivity index (χ2v) is 3.16. The first-order valence-corrected chi connectivity index (χ1v) is 3.82. The Morgan fingerprint density at radius 1 is 1.45 bits per heavy atom. The molecule has 0 aromatic heterocycles. The van der Waals surface area contributed by atoms with E-state index < -0.39 is 0 Å². The molecule has 0 bridgehead atoms. The van der Waals surface area contributed by atoms with Crippen LogP contribution in [0, 0.1) is 11.8 Å². The van der Waals surface area contributed by atoms with E-state index >= 15 is 0 Å². The van der Waals surface area contributed by atoms with Gasteiger partial charge in [0.1, 0.15) is 0 Å². The van der Waals surface area contributed by atoms with Crippen molar-refractivity contribution in [2.24, 2.45) is 11.8 Å². The number of imide groups is 1. The zero-order chi connectivity index (χ0) is 8.85. The second-order valence-electron chi connectivity index (χ2n) is 3.16. The van der Waals surface area contributed by atoms with Crippen LogP contribution in [0.15, 0.2) is 0 Å². The molecular formula is C8H15NO2. The van der Waals surface area contributed by atoms with Gasteiger partial charge < -0.3 is 0 Å². The predicted octanol–water partition coefficient (Wildman–Crippen LogP) is 0.941. The van der Waals surface area contributed by atoms with E-state index in [1.165, 1.54) is 0 Å². The fourth-order valence-electron chi connectivity index (χ4n) is 1.01. The van der Waals surface area contributed by atoms with Crippen LogP contribution in [0.5, 0.6) is 0 Å². The van der Waals surface area contributed by atoms with E-state index in [4.69, 9.17) is 0 Å². The van der Waals surface area contributed by atoms with Gasteiger partial charge in [-0.05, 0) is 12.3 Å². The molecule has 0 aromatic carbocycles. The van der Waals surface area contributed by atoms with E-state index in [9.17, 15) is 9.59 Å². The van der Waals surface area contributed by atoms with Crippen LogP contribution in [0.1, 0.15) is 27.2 Å². The molecular weight excluding hydrogens is 142 g/mol. The molecule has 11 heavy (non-hydrogen) atoms. The molecule has 1 unspecified atom stereocenters. The lowest BCUT2D eigenvalue weighted by Gasteiger charge is -2.10. The minimum atomic E-state index is -0.186. The average molecular weight is 157 g/mol. The first-order valence-electron chi connectivity index (χ1n) is 3.82. The van der Waals surface area contributed by atoms with Crippen LogP contribution in [0.3, 0.4) is 0 Å². The Labute approximate surface area is 67.2 Å². The maximum absolute atomic E-state index is 10.9. The fourth-order valence-corrected chi connectivity index (χ4v) is 1.01. The topological polar surface area (TPSA) is 46.2 Å². The molecule has 3 heteroatoms. The van der Waals surface area contributed by atoms with Gasteiger partial charge in [-0.3, -0.25) is 14.9 Å². The second kappa shape index (κ2) is 4.88. The molecule has 0 aliphatic heterocycles. The van der Waals surface area contributed by atoms with E-state index in [0.717, 1.165) is 6.42 Å². The molecule has 1 N–H and O–H groups in total. The standard InChI is InChI=1S/C8H15NO2/c1-6(2)4-7(3)8(11)9-5-10/h5-7H,4H2,1-3H3,(H,9,10,11). The molecule has 0 fully saturated rings. The molecule has 0 saturated heterocycles. The Balaban J connectivity index is 3.72. The van der Waals surface area contributed by atoms with Crippen molar-refractivity contribution < 1.29 is 9.59 Å². The lowest BCUT2D eigenvalue weighted by atomic mass is 9.98. The molecule has 0 aliphatic carbocycles. The van der Waals surface area contributed by atoms with Gasteiger partial charge in [-0.15, -0.1) is 0 Å². The SMILES string of the molecule is CC(C)CC(C)C(=O)NC=O. The van der Waals surface area contributed by atoms with E-state index in [-0.39, 0.29) is 11.8 Å². The van der Waals surface area contributed by atoms with Gasteiger partial charge >= 0.3 is 0 Å². The van der Waals surface area contributed by atoms with Crippen LogP contribution in [0.25, 0.3) is 0 Å². The monoisotopic (exact) mass is 157 g/mol. The molecule has 3 nitrogen and oxygen atoms in total. The number of hydrogen-bond donors (Lipinski definition) is 1. The van der Waals surface area contributed by atoms with Gasteiger partial charge in [0, 0.05) is 5.92 Å². The number of carbonyl (C=O) groups excluding carboxylic acids is 2. The quantitative estimate of drug-likeness (QED) is 0.617. The van der Waals surface area contributed by atoms with Gasteiger partial charge in [0.25, 0.3) is 0 Å². The molecule has 0 heterocycles. The van der Waals surface area contributed by atoms with Crippen molar-refractivity contribution >= 4 is 12.3 Å². The molecule has 0 spiro atoms. The minimum Gasteiger partial charge on any atom is -0.299 e. The van der Waals surface area contributed by atoms with Gasteiger partial charge in [-0.2, -0.15) is 0 Å². The number of amides is 2. The maximum atomic E-state index is 10.9. The summed E-state index contributed by atoms with van der Waals surface area (Å²) in [4.78, 5) is 20.8. The number of rotatable bonds is 4. The molecule has 0 saturated carbocycles. The zero-order valence-corrected chi connectivity index (χ0v) is 7.26. The molecule has 0 radical (unpaired) electrons. The van der Waals surface area contributed by atoms with Crippen LogP contribution >= 0.6 is 0 Å². The van der Waals surface area contributed by atoms with Crippen molar-refractivity contribution in [3.8, 4) is 0 Å². The lowest BCUT2D eigenvalue weighted by molar-refractivity contribution is -0.128. The van der Waals surface area contributed by atoms with Crippen LogP contribution in [0.2, 0.25) is 0 Å². The van der Waals surface area contributed by atoms with Crippen molar-refractivity contribution in [1.29, 1.82) is 0 Å². The molecule has 0 rings (SSSR count). The minimum absolute atomic E-state index is 0.0693. The van der Waals surface area contributed by atoms with E-state index in [0.29, 0.717) is 12.3 Å². The summed E-state index contributed by atoms with van der Waals surface area (Å²) >= 11 is 0. The van der Waals surface area contributed by atoms with Crippen molar-refractivity contribution in [1.82, 2.24) is 5.32 Å². The summed E-state index contributed by atoms with van der Waals surface area (Å²) in [7, 11) is 0. The number of nitrogens with one attached hydrogen (secondary N) is 1. The summed E-state index contributed by atoms with van der Waals surface area (Å²) in [6.45, 7) is 5.91. The normalized spacial score (nSPS) is 12.7. The number of hydrogen-bond acceptors (Lipinski definition) is 2. The van der Waals surface area contributed by atoms with Gasteiger partial charge in [0.15, 0.2) is 0 Å². The Morgan fingerprint density at radius 3 is 2.36 bits per heavy atom. The number of carbonyl (C=O) groups is 2. The van der Waals surface area contributed by atoms with Crippen molar-refractivity contribution in [2.45, 2.75) is 27.2 Å². The predicted molar refractivity (Wildman–Crippen MR) is 42.8 cm³/mol. The molecule has 0 aliphatic rings. The Bertz CT molecular complexity index is 143. The smallest absolute Gasteiger partial charge is 0.229 e. The molecule has 64 valence electrons. The van der Waals surface area contributed by atoms with Crippen LogP contribution in [0.4, 0.5) is 0 Å². The van der Waals surface area contributed by atoms with Gasteiger partial charge in [-0.1, -0.05) is 20.8 Å². The summed E-state index contributed by atoms with van der Waals surface area (Å²) < 4.78 is 0. The molecule has 1 atom stereocenters. The third-order valence-electron chi connectivity index (χ3n) is 1.47. The van der Waals surface area contributed by atoms with Gasteiger partial charge in [0.05, 0.1) is 0 Å². The largest absolute Gasteiger partial charge is 0.299 e. The van der Waals surface area contributed by atoms with Crippen molar-refractivity contribution in [2.75, 3.05) is 0 Å². The zero-order valence-electron chi connectivity index (χ0n) is 7.26. The van der Waals surface area contributed by atoms with E-state index in [1.54, 1.807) is 0 Å². The first kappa shape index (κ1) is 10.1. The summed E-state index contributed by atoms with van der Waals surface area (Å²) in [5, 5.41) is 2.13. The Morgan fingerprint density at radius 2 is 2.00 bits per heavy atom. The molecule has 2 amide bonds. The van der Waals surface area contributed by atoms with Gasteiger partial charge in [0.2, 0.25) is 12.3 Å². The van der Waals surface area contributed by atoms with Crippen molar-refractivity contribution in [3.63, 3.8) is 0 Å². The summed E-state index contributed by atoms with van der Waals surface area (Å²) in [6.07, 6.45) is 1.25. The lowest BCUT2D eigenvalue weighted by Crippen LogP contribution is -2.28. The van der Waals surface area contributed by atoms with Crippen molar-refractivity contribution in [3.05, 3.63) is 0 Å². The third kappa shape index (κ3) is 4.53. The first-order chi connectivity index (χ1) is 5.07. The summed E-state index contributed by atoms with van der Waals surface area (Å²) in [5.74, 6) is 0.233. The highest BCUT2D eigenvalue weighted by Crippen LogP contribution is 2.10. The third-order valence-corrected chi connectivity index (χ3v) is 1.47. The highest BCUT2D eigenvalue weighted by atomic mass is 16.2. The van der Waals surface area contributed by atoms with E-state index in [1.807, 2.05) is 20.8 Å². The molecule has 0 aromatic rings. The Hall–Kier alpha value is -0.860. The van der Waals surface area contributed by atoms with Crippen LogP contribution < -0.4 is 5.32 Å². The van der Waals surface area contributed by atoms with E-state index in [2.05, 4.69) is 5.32 Å². The van der Waals surface area contributed by atoms with Crippen LogP contribution in [-0.4, -0.2) is 12.3 Å². The summed E-state index contributed by atoms with van der Waals surface area (Å²) in [6, 6.07) is 0. The Kier molecular flexibility index (Phi) is 4.50. The van der Waals surface area contributed by atoms with Gasteiger partial charge in [-0.25, -0.2) is 0 Å². The fraction of sp³-hybridized carbons (Fsp3) is 0.750.